The third kappa shape index (κ3) is 1.36. The highest BCUT2D eigenvalue weighted by molar-refractivity contribution is 5.93. The van der Waals surface area contributed by atoms with Crippen LogP contribution in [0.15, 0.2) is 35.3 Å². The van der Waals surface area contributed by atoms with Crippen LogP contribution in [-0.4, -0.2) is 30.6 Å². The van der Waals surface area contributed by atoms with Crippen molar-refractivity contribution in [3.63, 3.8) is 0 Å². The second-order valence-electron chi connectivity index (χ2n) is 3.30. The first kappa shape index (κ1) is 9.52. The number of carbonyl (C=O) groups is 1. The standard InChI is InChI=1S/C10H6N4O3/c15-10(16)7-8(9-11-5-17-13-9)14-4-2-1-3-6(14)12-7/h1-5H,(H,15,16). The summed E-state index contributed by atoms with van der Waals surface area (Å²) in [5, 5.41) is 12.7. The van der Waals surface area contributed by atoms with Crippen molar-refractivity contribution in [2.45, 2.75) is 0 Å². The molecule has 0 aliphatic heterocycles. The molecular weight excluding hydrogens is 224 g/mol. The summed E-state index contributed by atoms with van der Waals surface area (Å²) < 4.78 is 6.23. The molecule has 0 aromatic carbocycles. The second kappa shape index (κ2) is 3.41. The first-order chi connectivity index (χ1) is 8.27. The van der Waals surface area contributed by atoms with Gasteiger partial charge in [-0.25, -0.2) is 9.78 Å². The van der Waals surface area contributed by atoms with Gasteiger partial charge in [-0.1, -0.05) is 11.2 Å². The van der Waals surface area contributed by atoms with Crippen LogP contribution in [0.3, 0.4) is 0 Å². The van der Waals surface area contributed by atoms with Crippen LogP contribution >= 0.6 is 0 Å². The Morgan fingerprint density at radius 3 is 3.00 bits per heavy atom. The highest BCUT2D eigenvalue weighted by atomic mass is 16.5. The topological polar surface area (TPSA) is 93.5 Å². The normalized spacial score (nSPS) is 10.8. The number of aromatic nitrogens is 4. The number of aromatic carboxylic acids is 1. The average Bonchev–Trinajstić information content (AvgIpc) is 2.94. The van der Waals surface area contributed by atoms with Crippen molar-refractivity contribution < 1.29 is 14.4 Å². The molecule has 0 atom stereocenters. The van der Waals surface area contributed by atoms with Crippen molar-refractivity contribution in [3.8, 4) is 11.5 Å². The Balaban J connectivity index is 2.40. The number of fused-ring (bicyclic) bond motifs is 1. The van der Waals surface area contributed by atoms with E-state index in [-0.39, 0.29) is 11.5 Å². The lowest BCUT2D eigenvalue weighted by molar-refractivity contribution is 0.0692. The zero-order valence-corrected chi connectivity index (χ0v) is 8.44. The lowest BCUT2D eigenvalue weighted by atomic mass is 10.3. The molecule has 84 valence electrons. The molecule has 0 spiro atoms. The van der Waals surface area contributed by atoms with Crippen LogP contribution in [0.25, 0.3) is 17.2 Å². The van der Waals surface area contributed by atoms with Crippen molar-refractivity contribution in [3.05, 3.63) is 36.5 Å². The number of pyridine rings is 1. The van der Waals surface area contributed by atoms with Crippen LogP contribution in [0, 0.1) is 0 Å². The minimum Gasteiger partial charge on any atom is -0.476 e. The summed E-state index contributed by atoms with van der Waals surface area (Å²) in [7, 11) is 0. The van der Waals surface area contributed by atoms with E-state index in [1.165, 1.54) is 0 Å². The Labute approximate surface area is 94.3 Å². The van der Waals surface area contributed by atoms with Gasteiger partial charge in [-0.15, -0.1) is 0 Å². The highest BCUT2D eigenvalue weighted by Crippen LogP contribution is 2.21. The smallest absolute Gasteiger partial charge is 0.356 e. The van der Waals surface area contributed by atoms with E-state index in [2.05, 4.69) is 19.6 Å². The maximum Gasteiger partial charge on any atom is 0.356 e. The Morgan fingerprint density at radius 1 is 1.41 bits per heavy atom. The molecule has 7 heteroatoms. The Morgan fingerprint density at radius 2 is 2.29 bits per heavy atom. The zero-order valence-electron chi connectivity index (χ0n) is 8.44. The molecule has 0 amide bonds. The van der Waals surface area contributed by atoms with Crippen molar-refractivity contribution in [1.82, 2.24) is 19.5 Å². The quantitative estimate of drug-likeness (QED) is 0.708. The summed E-state index contributed by atoms with van der Waals surface area (Å²) in [5.41, 5.74) is 0.726. The molecule has 0 radical (unpaired) electrons. The minimum atomic E-state index is -1.13. The number of hydrogen-bond acceptors (Lipinski definition) is 5. The van der Waals surface area contributed by atoms with Gasteiger partial charge in [0.2, 0.25) is 12.2 Å². The van der Waals surface area contributed by atoms with Gasteiger partial charge in [-0.05, 0) is 12.1 Å². The molecule has 0 saturated heterocycles. The first-order valence-corrected chi connectivity index (χ1v) is 4.74. The molecule has 1 N–H and O–H groups in total. The van der Waals surface area contributed by atoms with Gasteiger partial charge in [0.1, 0.15) is 11.3 Å². The molecule has 7 nitrogen and oxygen atoms in total. The van der Waals surface area contributed by atoms with Crippen molar-refractivity contribution in [2.24, 2.45) is 0 Å². The van der Waals surface area contributed by atoms with Crippen molar-refractivity contribution in [2.75, 3.05) is 0 Å². The number of hydrogen-bond donors (Lipinski definition) is 1. The molecule has 3 heterocycles. The van der Waals surface area contributed by atoms with Gasteiger partial charge in [0.05, 0.1) is 0 Å². The summed E-state index contributed by atoms with van der Waals surface area (Å²) in [5.74, 6) is -0.936. The van der Waals surface area contributed by atoms with Crippen LogP contribution in [0.2, 0.25) is 0 Å². The average molecular weight is 230 g/mol. The van der Waals surface area contributed by atoms with E-state index in [1.807, 2.05) is 0 Å². The fourth-order valence-electron chi connectivity index (χ4n) is 1.63. The summed E-state index contributed by atoms with van der Waals surface area (Å²) in [6.45, 7) is 0. The van der Waals surface area contributed by atoms with Gasteiger partial charge in [0, 0.05) is 6.20 Å². The molecule has 3 aromatic heterocycles. The number of nitrogens with zero attached hydrogens (tertiary/aromatic N) is 4. The van der Waals surface area contributed by atoms with Gasteiger partial charge in [0.15, 0.2) is 5.69 Å². The van der Waals surface area contributed by atoms with Gasteiger partial charge in [-0.2, -0.15) is 4.98 Å². The minimum absolute atomic E-state index is 0.0994. The van der Waals surface area contributed by atoms with Crippen molar-refractivity contribution >= 4 is 11.6 Å². The van der Waals surface area contributed by atoms with Crippen molar-refractivity contribution in [1.29, 1.82) is 0 Å². The monoisotopic (exact) mass is 230 g/mol. The number of imidazole rings is 1. The summed E-state index contributed by atoms with van der Waals surface area (Å²) in [6.07, 6.45) is 2.84. The van der Waals surface area contributed by atoms with Gasteiger partial charge >= 0.3 is 5.97 Å². The largest absolute Gasteiger partial charge is 0.476 e. The van der Waals surface area contributed by atoms with Gasteiger partial charge in [-0.3, -0.25) is 4.40 Å². The summed E-state index contributed by atoms with van der Waals surface area (Å²) in [6, 6.07) is 5.24. The molecule has 0 unspecified atom stereocenters. The van der Waals surface area contributed by atoms with Crippen LogP contribution in [0.4, 0.5) is 0 Å². The van der Waals surface area contributed by atoms with Crippen LogP contribution < -0.4 is 0 Å². The van der Waals surface area contributed by atoms with Gasteiger partial charge in [0.25, 0.3) is 0 Å². The molecule has 3 rings (SSSR count). The maximum absolute atomic E-state index is 11.1. The van der Waals surface area contributed by atoms with E-state index in [9.17, 15) is 4.79 Å². The second-order valence-corrected chi connectivity index (χ2v) is 3.30. The molecule has 17 heavy (non-hydrogen) atoms. The zero-order chi connectivity index (χ0) is 11.8. The van der Waals surface area contributed by atoms with E-state index in [4.69, 9.17) is 5.11 Å². The lowest BCUT2D eigenvalue weighted by Crippen LogP contribution is -2.00. The molecule has 0 bridgehead atoms. The third-order valence-electron chi connectivity index (χ3n) is 2.31. The predicted octanol–water partition coefficient (Wildman–Crippen LogP) is 1.08. The van der Waals surface area contributed by atoms with E-state index >= 15 is 0 Å². The van der Waals surface area contributed by atoms with Gasteiger partial charge < -0.3 is 9.63 Å². The summed E-state index contributed by atoms with van der Waals surface area (Å²) >= 11 is 0. The van der Waals surface area contributed by atoms with Crippen LogP contribution in [0.1, 0.15) is 10.5 Å². The number of carboxylic acid groups (broad SMARTS) is 1. The highest BCUT2D eigenvalue weighted by Gasteiger charge is 2.22. The Bertz CT molecular complexity index is 687. The molecule has 0 aliphatic rings. The van der Waals surface area contributed by atoms with E-state index in [0.29, 0.717) is 11.3 Å². The fourth-order valence-corrected chi connectivity index (χ4v) is 1.63. The SMILES string of the molecule is O=C(O)c1nc2ccccn2c1-c1ncon1. The molecule has 0 aliphatic carbocycles. The van der Waals surface area contributed by atoms with E-state index < -0.39 is 5.97 Å². The summed E-state index contributed by atoms with van der Waals surface area (Å²) in [4.78, 5) is 19.0. The van der Waals surface area contributed by atoms with E-state index in [1.54, 1.807) is 28.8 Å². The first-order valence-electron chi connectivity index (χ1n) is 4.74. The maximum atomic E-state index is 11.1. The fraction of sp³-hybridized carbons (Fsp3) is 0. The molecule has 0 fully saturated rings. The Hall–Kier alpha value is -2.70. The molecule has 3 aromatic rings. The number of carboxylic acids is 1. The van der Waals surface area contributed by atoms with Crippen LogP contribution in [-0.2, 0) is 0 Å². The lowest BCUT2D eigenvalue weighted by Gasteiger charge is -1.96. The Kier molecular flexibility index (Phi) is 1.91. The van der Waals surface area contributed by atoms with E-state index in [0.717, 1.165) is 6.39 Å². The number of rotatable bonds is 2. The van der Waals surface area contributed by atoms with Crippen LogP contribution in [0.5, 0.6) is 0 Å². The molecule has 0 saturated carbocycles. The predicted molar refractivity (Wildman–Crippen MR) is 55.4 cm³/mol. The third-order valence-corrected chi connectivity index (χ3v) is 2.31. The molecular formula is C10H6N4O3.